The Bertz CT molecular complexity index is 1260. The molecule has 1 aliphatic heterocycles. The Morgan fingerprint density at radius 3 is 2.41 bits per heavy atom. The van der Waals surface area contributed by atoms with E-state index in [4.69, 9.17) is 4.74 Å². The van der Waals surface area contributed by atoms with E-state index in [0.29, 0.717) is 16.8 Å². The zero-order chi connectivity index (χ0) is 23.7. The Kier molecular flexibility index (Phi) is 6.45. The third kappa shape index (κ3) is 4.49. The molecule has 3 aromatic rings. The van der Waals surface area contributed by atoms with Crippen molar-refractivity contribution in [2.75, 3.05) is 38.2 Å². The van der Waals surface area contributed by atoms with Crippen LogP contribution in [0.25, 0.3) is 10.2 Å². The number of nitrogens with zero attached hydrogens (tertiary/aromatic N) is 3. The molecule has 3 heterocycles. The van der Waals surface area contributed by atoms with Gasteiger partial charge in [0.15, 0.2) is 0 Å². The third-order valence-electron chi connectivity index (χ3n) is 7.26. The van der Waals surface area contributed by atoms with Gasteiger partial charge in [0.1, 0.15) is 10.4 Å². The number of carbonyl (C=O) groups is 1. The van der Waals surface area contributed by atoms with E-state index < -0.39 is 0 Å². The highest BCUT2D eigenvalue weighted by Crippen LogP contribution is 2.31. The van der Waals surface area contributed by atoms with E-state index in [2.05, 4.69) is 22.0 Å². The van der Waals surface area contributed by atoms with Crippen LogP contribution in [-0.2, 0) is 11.3 Å². The van der Waals surface area contributed by atoms with Gasteiger partial charge in [0.25, 0.3) is 5.56 Å². The topological polar surface area (TPSA) is 87.6 Å². The van der Waals surface area contributed by atoms with Crippen LogP contribution in [0.5, 0.6) is 5.75 Å². The summed E-state index contributed by atoms with van der Waals surface area (Å²) in [6.07, 6.45) is 3.35. The van der Waals surface area contributed by atoms with Crippen molar-refractivity contribution in [3.63, 3.8) is 0 Å². The predicted octanol–water partition coefficient (Wildman–Crippen LogP) is 2.92. The van der Waals surface area contributed by atoms with Crippen LogP contribution in [0.15, 0.2) is 45.3 Å². The summed E-state index contributed by atoms with van der Waals surface area (Å²) in [5.41, 5.74) is 1.21. The number of rotatable bonds is 5. The number of benzene rings is 1. The van der Waals surface area contributed by atoms with Crippen LogP contribution in [0.2, 0.25) is 0 Å². The molecule has 2 aromatic heterocycles. The Labute approximate surface area is 201 Å². The van der Waals surface area contributed by atoms with Crippen LogP contribution in [0, 0.1) is 11.8 Å². The fourth-order valence-electron chi connectivity index (χ4n) is 5.22. The molecular weight excluding hydrogens is 452 g/mol. The highest BCUT2D eigenvalue weighted by Gasteiger charge is 2.31. The Hall–Kier alpha value is -3.07. The SMILES string of the molecule is COc1ccc(N2CCN(C(=O)C3CCC(Cn4c(=O)[nH]c5ccsc5c4=O)CC3)CC2)cc1. The average Bonchev–Trinajstić information content (AvgIpc) is 3.35. The van der Waals surface area contributed by atoms with E-state index in [0.717, 1.165) is 63.3 Å². The second-order valence-corrected chi connectivity index (χ2v) is 10.2. The third-order valence-corrected chi connectivity index (χ3v) is 8.16. The molecule has 0 unspecified atom stereocenters. The maximum absolute atomic E-state index is 13.2. The van der Waals surface area contributed by atoms with Gasteiger partial charge in [0.05, 0.1) is 12.6 Å². The summed E-state index contributed by atoms with van der Waals surface area (Å²) in [5.74, 6) is 1.38. The molecule has 1 saturated carbocycles. The lowest BCUT2D eigenvalue weighted by atomic mass is 9.81. The molecule has 0 bridgehead atoms. The predicted molar refractivity (Wildman–Crippen MR) is 134 cm³/mol. The van der Waals surface area contributed by atoms with Crippen molar-refractivity contribution in [2.45, 2.75) is 32.2 Å². The molecule has 2 fully saturated rings. The molecule has 2 aliphatic rings. The van der Waals surface area contributed by atoms with E-state index in [9.17, 15) is 14.4 Å². The molecule has 1 aliphatic carbocycles. The smallest absolute Gasteiger partial charge is 0.328 e. The first-order valence-electron chi connectivity index (χ1n) is 11.9. The van der Waals surface area contributed by atoms with Crippen molar-refractivity contribution in [1.82, 2.24) is 14.5 Å². The Morgan fingerprint density at radius 1 is 1.03 bits per heavy atom. The second kappa shape index (κ2) is 9.66. The first-order valence-corrected chi connectivity index (χ1v) is 12.8. The van der Waals surface area contributed by atoms with Gasteiger partial charge in [-0.2, -0.15) is 0 Å². The fraction of sp³-hybridized carbons (Fsp3) is 0.480. The number of amides is 1. The van der Waals surface area contributed by atoms with Gasteiger partial charge >= 0.3 is 5.69 Å². The number of carbonyl (C=O) groups excluding carboxylic acids is 1. The summed E-state index contributed by atoms with van der Waals surface area (Å²) < 4.78 is 7.17. The monoisotopic (exact) mass is 482 g/mol. The maximum atomic E-state index is 13.2. The summed E-state index contributed by atoms with van der Waals surface area (Å²) in [4.78, 5) is 45.4. The summed E-state index contributed by atoms with van der Waals surface area (Å²) in [5, 5.41) is 1.82. The van der Waals surface area contributed by atoms with Crippen LogP contribution >= 0.6 is 11.3 Å². The lowest BCUT2D eigenvalue weighted by molar-refractivity contribution is -0.137. The van der Waals surface area contributed by atoms with E-state index in [-0.39, 0.29) is 29.0 Å². The van der Waals surface area contributed by atoms with Crippen LogP contribution in [-0.4, -0.2) is 53.6 Å². The van der Waals surface area contributed by atoms with Gasteiger partial charge < -0.3 is 19.5 Å². The molecular formula is C25H30N4O4S. The van der Waals surface area contributed by atoms with Crippen molar-refractivity contribution in [1.29, 1.82) is 0 Å². The molecule has 1 saturated heterocycles. The van der Waals surface area contributed by atoms with Gasteiger partial charge in [-0.15, -0.1) is 11.3 Å². The van der Waals surface area contributed by atoms with Crippen molar-refractivity contribution < 1.29 is 9.53 Å². The molecule has 1 amide bonds. The largest absolute Gasteiger partial charge is 0.497 e. The van der Waals surface area contributed by atoms with Crippen LogP contribution in [0.3, 0.4) is 0 Å². The molecule has 9 heteroatoms. The van der Waals surface area contributed by atoms with Gasteiger partial charge in [-0.05, 0) is 67.3 Å². The number of ether oxygens (including phenoxy) is 1. The number of aromatic nitrogens is 2. The highest BCUT2D eigenvalue weighted by molar-refractivity contribution is 7.17. The van der Waals surface area contributed by atoms with Gasteiger partial charge in [0, 0.05) is 44.3 Å². The van der Waals surface area contributed by atoms with Gasteiger partial charge in [-0.1, -0.05) is 0 Å². The minimum atomic E-state index is -0.344. The van der Waals surface area contributed by atoms with Gasteiger partial charge in [-0.25, -0.2) is 4.79 Å². The van der Waals surface area contributed by atoms with E-state index >= 15 is 0 Å². The second-order valence-electron chi connectivity index (χ2n) is 9.24. The number of H-pyrrole nitrogens is 1. The zero-order valence-electron chi connectivity index (χ0n) is 19.4. The number of nitrogens with one attached hydrogen (secondary N) is 1. The molecule has 8 nitrogen and oxygen atoms in total. The lowest BCUT2D eigenvalue weighted by Gasteiger charge is -2.39. The first kappa shape index (κ1) is 22.7. The number of anilines is 1. The van der Waals surface area contributed by atoms with Gasteiger partial charge in [-0.3, -0.25) is 14.2 Å². The molecule has 1 aromatic carbocycles. The lowest BCUT2D eigenvalue weighted by Crippen LogP contribution is -2.50. The molecule has 0 atom stereocenters. The summed E-state index contributed by atoms with van der Waals surface area (Å²) in [6, 6.07) is 9.81. The number of methoxy groups -OCH3 is 1. The standard InChI is InChI=1S/C25H30N4O4S/c1-33-20-8-6-19(7-9-20)27-11-13-28(14-12-27)23(30)18-4-2-17(3-5-18)16-29-24(31)22-21(10-15-34-22)26-25(29)32/h6-10,15,17-18H,2-5,11-14,16H2,1H3,(H,26,32). The van der Waals surface area contributed by atoms with Crippen molar-refractivity contribution in [3.8, 4) is 5.75 Å². The quantitative estimate of drug-likeness (QED) is 0.604. The molecule has 180 valence electrons. The zero-order valence-corrected chi connectivity index (χ0v) is 20.2. The van der Waals surface area contributed by atoms with E-state index in [1.807, 2.05) is 22.4 Å². The molecule has 0 spiro atoms. The van der Waals surface area contributed by atoms with Crippen molar-refractivity contribution in [2.24, 2.45) is 11.8 Å². The minimum Gasteiger partial charge on any atom is -0.497 e. The molecule has 0 radical (unpaired) electrons. The van der Waals surface area contributed by atoms with Crippen LogP contribution in [0.1, 0.15) is 25.7 Å². The van der Waals surface area contributed by atoms with Crippen LogP contribution < -0.4 is 20.9 Å². The fourth-order valence-corrected chi connectivity index (χ4v) is 6.02. The summed E-state index contributed by atoms with van der Waals surface area (Å²) in [7, 11) is 1.66. The number of thiophene rings is 1. The average molecular weight is 483 g/mol. The minimum absolute atomic E-state index is 0.0403. The first-order chi connectivity index (χ1) is 16.5. The maximum Gasteiger partial charge on any atom is 0.328 e. The molecule has 5 rings (SSSR count). The number of piperazine rings is 1. The highest BCUT2D eigenvalue weighted by atomic mass is 32.1. The van der Waals surface area contributed by atoms with Crippen molar-refractivity contribution >= 4 is 33.1 Å². The van der Waals surface area contributed by atoms with Gasteiger partial charge in [0.2, 0.25) is 5.91 Å². The number of hydrogen-bond acceptors (Lipinski definition) is 6. The molecule has 34 heavy (non-hydrogen) atoms. The molecule has 1 N–H and O–H groups in total. The Morgan fingerprint density at radius 2 is 1.74 bits per heavy atom. The summed E-state index contributed by atoms with van der Waals surface area (Å²) >= 11 is 1.36. The number of fused-ring (bicyclic) bond motifs is 1. The number of aromatic amines is 1. The Balaban J connectivity index is 1.14. The summed E-state index contributed by atoms with van der Waals surface area (Å²) in [6.45, 7) is 3.53. The van der Waals surface area contributed by atoms with Crippen LogP contribution in [0.4, 0.5) is 5.69 Å². The van der Waals surface area contributed by atoms with E-state index in [1.54, 1.807) is 13.2 Å². The van der Waals surface area contributed by atoms with Crippen molar-refractivity contribution in [3.05, 3.63) is 56.5 Å². The number of hydrogen-bond donors (Lipinski definition) is 1. The normalized spacial score (nSPS) is 21.1. The van der Waals surface area contributed by atoms with E-state index in [1.165, 1.54) is 15.9 Å².